The lowest BCUT2D eigenvalue weighted by Gasteiger charge is -2.09. The van der Waals surface area contributed by atoms with Crippen LogP contribution in [0.4, 0.5) is 0 Å². The lowest BCUT2D eigenvalue weighted by atomic mass is 10.1. The van der Waals surface area contributed by atoms with E-state index in [0.29, 0.717) is 18.4 Å². The van der Waals surface area contributed by atoms with Gasteiger partial charge in [-0.15, -0.1) is 0 Å². The van der Waals surface area contributed by atoms with E-state index in [1.165, 1.54) is 5.56 Å². The third-order valence-electron chi connectivity index (χ3n) is 2.92. The predicted molar refractivity (Wildman–Crippen MR) is 85.5 cm³/mol. The van der Waals surface area contributed by atoms with Crippen LogP contribution in [0.3, 0.4) is 0 Å². The molecule has 0 atom stereocenters. The molecule has 0 aliphatic carbocycles. The van der Waals surface area contributed by atoms with Gasteiger partial charge in [0.15, 0.2) is 0 Å². The van der Waals surface area contributed by atoms with Crippen molar-refractivity contribution < 1.29 is 18.9 Å². The van der Waals surface area contributed by atoms with Crippen LogP contribution in [-0.4, -0.2) is 27.3 Å². The maximum atomic E-state index is 5.81. The molecule has 0 saturated carbocycles. The Morgan fingerprint density at radius 3 is 2.00 bits per heavy atom. The molecule has 0 aliphatic rings. The molecule has 22 heavy (non-hydrogen) atoms. The molecule has 0 spiro atoms. The molecule has 5 heteroatoms. The Labute approximate surface area is 135 Å². The second kappa shape index (κ2) is 9.30. The maximum absolute atomic E-state index is 5.81. The Kier molecular flexibility index (Phi) is 7.03. The first kappa shape index (κ1) is 16.6. The number of hydrogen-bond acceptors (Lipinski definition) is 4. The molecule has 0 aliphatic heterocycles. The first-order valence-electron chi connectivity index (χ1n) is 6.95. The highest BCUT2D eigenvalue weighted by Crippen LogP contribution is 2.17. The van der Waals surface area contributed by atoms with Gasteiger partial charge in [-0.05, 0) is 48.4 Å². The second-order valence-corrected chi connectivity index (χ2v) is 5.01. The Hall–Kier alpha value is -1.75. The molecule has 0 amide bonds. The van der Waals surface area contributed by atoms with E-state index in [1.54, 1.807) is 31.4 Å². The van der Waals surface area contributed by atoms with Gasteiger partial charge in [-0.25, -0.2) is 0 Å². The zero-order chi connectivity index (χ0) is 15.6. The molecule has 2 aromatic carbocycles. The van der Waals surface area contributed by atoms with Gasteiger partial charge in [-0.2, -0.15) is 0 Å². The second-order valence-electron chi connectivity index (χ2n) is 4.57. The van der Waals surface area contributed by atoms with Gasteiger partial charge >= 0.3 is 0 Å². The van der Waals surface area contributed by atoms with Crippen LogP contribution in [-0.2, 0) is 15.9 Å². The SMILES string of the molecule is COCOCCc1ccc(OCOc2ccc(Cl)cc2)cc1. The molecule has 0 bridgehead atoms. The predicted octanol–water partition coefficient (Wildman–Crippen LogP) is 3.92. The molecular formula is C17H19ClO4. The van der Waals surface area contributed by atoms with Crippen LogP contribution in [0.15, 0.2) is 48.5 Å². The van der Waals surface area contributed by atoms with E-state index in [1.807, 2.05) is 24.3 Å². The van der Waals surface area contributed by atoms with E-state index in [-0.39, 0.29) is 6.79 Å². The van der Waals surface area contributed by atoms with Crippen LogP contribution >= 0.6 is 11.6 Å². The van der Waals surface area contributed by atoms with Gasteiger partial charge in [0.2, 0.25) is 6.79 Å². The molecule has 0 N–H and O–H groups in total. The highest BCUT2D eigenvalue weighted by Gasteiger charge is 1.98. The molecule has 0 radical (unpaired) electrons. The molecule has 0 fully saturated rings. The van der Waals surface area contributed by atoms with Crippen LogP contribution in [0.2, 0.25) is 5.02 Å². The minimum Gasteiger partial charge on any atom is -0.458 e. The molecule has 2 aromatic rings. The monoisotopic (exact) mass is 322 g/mol. The van der Waals surface area contributed by atoms with Crippen molar-refractivity contribution in [3.05, 3.63) is 59.1 Å². The summed E-state index contributed by atoms with van der Waals surface area (Å²) in [6.07, 6.45) is 0.838. The number of ether oxygens (including phenoxy) is 4. The highest BCUT2D eigenvalue weighted by molar-refractivity contribution is 6.30. The third kappa shape index (κ3) is 5.93. The minimum atomic E-state index is 0.151. The number of rotatable bonds is 9. The smallest absolute Gasteiger partial charge is 0.230 e. The number of benzene rings is 2. The number of hydrogen-bond donors (Lipinski definition) is 0. The largest absolute Gasteiger partial charge is 0.458 e. The average molecular weight is 323 g/mol. The number of methoxy groups -OCH3 is 1. The van der Waals surface area contributed by atoms with Crippen molar-refractivity contribution in [2.75, 3.05) is 27.3 Å². The Morgan fingerprint density at radius 2 is 1.41 bits per heavy atom. The summed E-state index contributed by atoms with van der Waals surface area (Å²) in [5, 5.41) is 0.679. The fourth-order valence-electron chi connectivity index (χ4n) is 1.78. The van der Waals surface area contributed by atoms with Crippen LogP contribution in [0.1, 0.15) is 5.56 Å². The van der Waals surface area contributed by atoms with Gasteiger partial charge in [0.25, 0.3) is 0 Å². The summed E-state index contributed by atoms with van der Waals surface area (Å²) >= 11 is 5.81. The fourth-order valence-corrected chi connectivity index (χ4v) is 1.91. The van der Waals surface area contributed by atoms with E-state index in [9.17, 15) is 0 Å². The zero-order valence-corrected chi connectivity index (χ0v) is 13.2. The van der Waals surface area contributed by atoms with Crippen LogP contribution in [0.5, 0.6) is 11.5 Å². The Balaban J connectivity index is 1.70. The number of halogens is 1. The van der Waals surface area contributed by atoms with Gasteiger partial charge in [0.05, 0.1) is 6.61 Å². The molecule has 0 unspecified atom stereocenters. The fraction of sp³-hybridized carbons (Fsp3) is 0.294. The quantitative estimate of drug-likeness (QED) is 0.518. The molecule has 0 saturated heterocycles. The summed E-state index contributed by atoms with van der Waals surface area (Å²) in [4.78, 5) is 0. The van der Waals surface area contributed by atoms with Crippen molar-refractivity contribution in [1.82, 2.24) is 0 Å². The van der Waals surface area contributed by atoms with E-state index in [4.69, 9.17) is 30.5 Å². The summed E-state index contributed by atoms with van der Waals surface area (Å²) in [6.45, 7) is 1.11. The van der Waals surface area contributed by atoms with E-state index >= 15 is 0 Å². The molecular weight excluding hydrogens is 304 g/mol. The summed E-state index contributed by atoms with van der Waals surface area (Å²) < 4.78 is 21.1. The maximum Gasteiger partial charge on any atom is 0.230 e. The van der Waals surface area contributed by atoms with Crippen molar-refractivity contribution in [2.45, 2.75) is 6.42 Å². The van der Waals surface area contributed by atoms with Gasteiger partial charge in [0.1, 0.15) is 18.3 Å². The normalized spacial score (nSPS) is 10.5. The summed E-state index contributed by atoms with van der Waals surface area (Å²) in [5.41, 5.74) is 1.18. The Bertz CT molecular complexity index is 540. The lowest BCUT2D eigenvalue weighted by Crippen LogP contribution is -2.05. The Morgan fingerprint density at radius 1 is 0.818 bits per heavy atom. The van der Waals surface area contributed by atoms with Crippen molar-refractivity contribution in [2.24, 2.45) is 0 Å². The van der Waals surface area contributed by atoms with Crippen molar-refractivity contribution in [1.29, 1.82) is 0 Å². The minimum absolute atomic E-state index is 0.151. The molecule has 0 heterocycles. The van der Waals surface area contributed by atoms with E-state index < -0.39 is 0 Å². The van der Waals surface area contributed by atoms with Crippen LogP contribution < -0.4 is 9.47 Å². The average Bonchev–Trinajstić information content (AvgIpc) is 2.55. The molecule has 2 rings (SSSR count). The van der Waals surface area contributed by atoms with Gasteiger partial charge in [-0.3, -0.25) is 0 Å². The van der Waals surface area contributed by atoms with Crippen molar-refractivity contribution in [3.63, 3.8) is 0 Å². The third-order valence-corrected chi connectivity index (χ3v) is 3.18. The topological polar surface area (TPSA) is 36.9 Å². The molecule has 118 valence electrons. The summed E-state index contributed by atoms with van der Waals surface area (Å²) in [5.74, 6) is 1.48. The van der Waals surface area contributed by atoms with Gasteiger partial charge in [0, 0.05) is 12.1 Å². The van der Waals surface area contributed by atoms with E-state index in [2.05, 4.69) is 0 Å². The molecule has 4 nitrogen and oxygen atoms in total. The summed E-state index contributed by atoms with van der Waals surface area (Å²) in [6, 6.07) is 15.0. The summed E-state index contributed by atoms with van der Waals surface area (Å²) in [7, 11) is 1.61. The van der Waals surface area contributed by atoms with Crippen molar-refractivity contribution in [3.8, 4) is 11.5 Å². The van der Waals surface area contributed by atoms with Gasteiger partial charge in [-0.1, -0.05) is 23.7 Å². The van der Waals surface area contributed by atoms with Crippen LogP contribution in [0.25, 0.3) is 0 Å². The first-order chi connectivity index (χ1) is 10.8. The van der Waals surface area contributed by atoms with Gasteiger partial charge < -0.3 is 18.9 Å². The van der Waals surface area contributed by atoms with Crippen molar-refractivity contribution >= 4 is 11.6 Å². The molecule has 0 aromatic heterocycles. The lowest BCUT2D eigenvalue weighted by molar-refractivity contribution is -0.0291. The zero-order valence-electron chi connectivity index (χ0n) is 12.5. The standard InChI is InChI=1S/C17H19ClO4/c1-19-12-20-11-10-14-2-6-16(7-3-14)21-13-22-17-8-4-15(18)5-9-17/h2-9H,10-13H2,1H3. The highest BCUT2D eigenvalue weighted by atomic mass is 35.5. The van der Waals surface area contributed by atoms with E-state index in [0.717, 1.165) is 17.9 Å². The van der Waals surface area contributed by atoms with Crippen LogP contribution in [0, 0.1) is 0 Å². The first-order valence-corrected chi connectivity index (χ1v) is 7.32.